The average molecular weight is 479 g/mol. The molecule has 170 valence electrons. The Labute approximate surface area is 201 Å². The second kappa shape index (κ2) is 8.34. The number of hydrogen-bond donors (Lipinski definition) is 1. The molecule has 0 amide bonds. The van der Waals surface area contributed by atoms with Gasteiger partial charge in [0.2, 0.25) is 0 Å². The minimum absolute atomic E-state index is 0.177. The highest BCUT2D eigenvalue weighted by molar-refractivity contribution is 7.92. The molecule has 0 atom stereocenters. The predicted molar refractivity (Wildman–Crippen MR) is 135 cm³/mol. The molecular formula is C27H18N4O3S. The molecule has 0 radical (unpaired) electrons. The molecule has 0 saturated carbocycles. The van der Waals surface area contributed by atoms with Crippen LogP contribution in [0.4, 0.5) is 5.69 Å². The molecule has 6 rings (SSSR count). The predicted octanol–water partition coefficient (Wildman–Crippen LogP) is 5.91. The molecular weight excluding hydrogens is 460 g/mol. The zero-order chi connectivity index (χ0) is 23.8. The molecule has 35 heavy (non-hydrogen) atoms. The van der Waals surface area contributed by atoms with E-state index < -0.39 is 10.0 Å². The Kier molecular flexibility index (Phi) is 5.00. The van der Waals surface area contributed by atoms with E-state index in [2.05, 4.69) is 14.7 Å². The van der Waals surface area contributed by atoms with Gasteiger partial charge in [0.15, 0.2) is 0 Å². The number of pyridine rings is 3. The van der Waals surface area contributed by atoms with Crippen molar-refractivity contribution in [2.24, 2.45) is 0 Å². The van der Waals surface area contributed by atoms with Crippen molar-refractivity contribution in [3.63, 3.8) is 0 Å². The fraction of sp³-hybridized carbons (Fsp3) is 0. The minimum atomic E-state index is -3.74. The molecule has 1 N–H and O–H groups in total. The van der Waals surface area contributed by atoms with Gasteiger partial charge in [0.05, 0.1) is 28.0 Å². The number of anilines is 1. The van der Waals surface area contributed by atoms with Gasteiger partial charge in [-0.2, -0.15) is 0 Å². The summed E-state index contributed by atoms with van der Waals surface area (Å²) in [4.78, 5) is 13.7. The van der Waals surface area contributed by atoms with Gasteiger partial charge in [-0.1, -0.05) is 36.4 Å². The molecule has 0 aliphatic rings. The van der Waals surface area contributed by atoms with E-state index in [1.54, 1.807) is 36.7 Å². The number of aromatic nitrogens is 3. The highest BCUT2D eigenvalue weighted by Crippen LogP contribution is 2.33. The topological polar surface area (TPSA) is 98.0 Å². The van der Waals surface area contributed by atoms with Gasteiger partial charge in [-0.25, -0.2) is 13.4 Å². The van der Waals surface area contributed by atoms with E-state index in [1.807, 2.05) is 48.5 Å². The maximum Gasteiger partial charge on any atom is 0.261 e. The van der Waals surface area contributed by atoms with Crippen LogP contribution in [-0.4, -0.2) is 23.4 Å². The second-order valence-corrected chi connectivity index (χ2v) is 9.63. The first-order valence-corrected chi connectivity index (χ1v) is 12.3. The molecule has 8 heteroatoms. The summed E-state index contributed by atoms with van der Waals surface area (Å²) in [6.45, 7) is 0. The van der Waals surface area contributed by atoms with Crippen molar-refractivity contribution >= 4 is 37.7 Å². The standard InChI is InChI=1S/C27H18N4O3S/c32-35(33,21-7-2-1-3-8-21)31-20-14-19(16-28-17-20)23-10-11-24-27(30-23)22(12-13-29-24)26-15-18-6-4-5-9-25(18)34-26/h1-17,31H. The third kappa shape index (κ3) is 4.00. The summed E-state index contributed by atoms with van der Waals surface area (Å²) in [7, 11) is -3.74. The van der Waals surface area contributed by atoms with Gasteiger partial charge in [-0.3, -0.25) is 14.7 Å². The van der Waals surface area contributed by atoms with E-state index in [1.165, 1.54) is 18.3 Å². The number of nitrogens with one attached hydrogen (secondary N) is 1. The van der Waals surface area contributed by atoms with Gasteiger partial charge in [0, 0.05) is 28.9 Å². The maximum absolute atomic E-state index is 12.7. The van der Waals surface area contributed by atoms with E-state index in [-0.39, 0.29) is 4.90 Å². The normalized spacial score (nSPS) is 11.7. The van der Waals surface area contributed by atoms with Gasteiger partial charge in [-0.15, -0.1) is 0 Å². The van der Waals surface area contributed by atoms with Crippen LogP contribution >= 0.6 is 0 Å². The lowest BCUT2D eigenvalue weighted by Crippen LogP contribution is -2.13. The monoisotopic (exact) mass is 478 g/mol. The number of fused-ring (bicyclic) bond motifs is 2. The minimum Gasteiger partial charge on any atom is -0.456 e. The van der Waals surface area contributed by atoms with Crippen LogP contribution in [0.1, 0.15) is 0 Å². The highest BCUT2D eigenvalue weighted by Gasteiger charge is 2.16. The van der Waals surface area contributed by atoms with Crippen LogP contribution in [0.3, 0.4) is 0 Å². The van der Waals surface area contributed by atoms with Gasteiger partial charge in [0.25, 0.3) is 10.0 Å². The van der Waals surface area contributed by atoms with Crippen LogP contribution in [0.5, 0.6) is 0 Å². The smallest absolute Gasteiger partial charge is 0.261 e. The summed E-state index contributed by atoms with van der Waals surface area (Å²) in [6, 6.07) is 25.3. The van der Waals surface area contributed by atoms with Crippen molar-refractivity contribution < 1.29 is 12.8 Å². The molecule has 6 aromatic rings. The number of sulfonamides is 1. The Morgan fingerprint density at radius 1 is 0.829 bits per heavy atom. The van der Waals surface area contributed by atoms with Gasteiger partial charge < -0.3 is 4.42 Å². The first-order valence-electron chi connectivity index (χ1n) is 10.8. The number of hydrogen-bond acceptors (Lipinski definition) is 6. The largest absolute Gasteiger partial charge is 0.456 e. The number of nitrogens with zero attached hydrogens (tertiary/aromatic N) is 3. The van der Waals surface area contributed by atoms with E-state index in [0.717, 1.165) is 22.0 Å². The summed E-state index contributed by atoms with van der Waals surface area (Å²) in [5.41, 5.74) is 4.67. The van der Waals surface area contributed by atoms with Crippen LogP contribution < -0.4 is 4.72 Å². The van der Waals surface area contributed by atoms with E-state index in [0.29, 0.717) is 28.2 Å². The van der Waals surface area contributed by atoms with E-state index in [9.17, 15) is 8.42 Å². The molecule has 4 aromatic heterocycles. The molecule has 0 unspecified atom stereocenters. The van der Waals surface area contributed by atoms with Crippen molar-refractivity contribution in [3.05, 3.63) is 104 Å². The fourth-order valence-corrected chi connectivity index (χ4v) is 5.00. The van der Waals surface area contributed by atoms with Crippen molar-refractivity contribution in [3.8, 4) is 22.6 Å². The molecule has 4 heterocycles. The number of rotatable bonds is 5. The third-order valence-corrected chi connectivity index (χ3v) is 7.01. The summed E-state index contributed by atoms with van der Waals surface area (Å²) in [6.07, 6.45) is 4.84. The van der Waals surface area contributed by atoms with Crippen LogP contribution in [0.2, 0.25) is 0 Å². The van der Waals surface area contributed by atoms with Gasteiger partial charge in [0.1, 0.15) is 16.9 Å². The quantitative estimate of drug-likeness (QED) is 0.331. The fourth-order valence-electron chi connectivity index (χ4n) is 3.95. The lowest BCUT2D eigenvalue weighted by atomic mass is 10.1. The second-order valence-electron chi connectivity index (χ2n) is 7.95. The van der Waals surface area contributed by atoms with E-state index in [4.69, 9.17) is 9.40 Å². The third-order valence-electron chi connectivity index (χ3n) is 5.61. The molecule has 0 aliphatic heterocycles. The zero-order valence-electron chi connectivity index (χ0n) is 18.3. The van der Waals surface area contributed by atoms with Crippen molar-refractivity contribution in [1.29, 1.82) is 0 Å². The maximum atomic E-state index is 12.7. The molecule has 0 bridgehead atoms. The summed E-state index contributed by atoms with van der Waals surface area (Å²) < 4.78 is 34.1. The molecule has 2 aromatic carbocycles. The van der Waals surface area contributed by atoms with Crippen LogP contribution in [0.15, 0.2) is 113 Å². The summed E-state index contributed by atoms with van der Waals surface area (Å²) in [5.74, 6) is 0.700. The Hall–Kier alpha value is -4.56. The molecule has 0 fully saturated rings. The van der Waals surface area contributed by atoms with Crippen LogP contribution in [0.25, 0.3) is 44.6 Å². The Morgan fingerprint density at radius 3 is 2.51 bits per heavy atom. The zero-order valence-corrected chi connectivity index (χ0v) is 19.1. The van der Waals surface area contributed by atoms with Gasteiger partial charge in [-0.05, 0) is 48.5 Å². The number of furan rings is 1. The Bertz CT molecular complexity index is 1770. The highest BCUT2D eigenvalue weighted by atomic mass is 32.2. The lowest BCUT2D eigenvalue weighted by molar-refractivity contribution is 0.601. The van der Waals surface area contributed by atoms with Crippen molar-refractivity contribution in [2.45, 2.75) is 4.90 Å². The van der Waals surface area contributed by atoms with Gasteiger partial charge >= 0.3 is 0 Å². The van der Waals surface area contributed by atoms with E-state index >= 15 is 0 Å². The summed E-state index contributed by atoms with van der Waals surface area (Å²) >= 11 is 0. The summed E-state index contributed by atoms with van der Waals surface area (Å²) in [5, 5.41) is 1.01. The Balaban J connectivity index is 1.40. The number of para-hydroxylation sites is 1. The average Bonchev–Trinajstić information content (AvgIpc) is 3.33. The van der Waals surface area contributed by atoms with Crippen molar-refractivity contribution in [1.82, 2.24) is 15.0 Å². The lowest BCUT2D eigenvalue weighted by Gasteiger charge is -2.10. The Morgan fingerprint density at radius 2 is 1.66 bits per heavy atom. The first kappa shape index (κ1) is 21.0. The molecule has 0 spiro atoms. The van der Waals surface area contributed by atoms with Crippen LogP contribution in [-0.2, 0) is 10.0 Å². The first-order chi connectivity index (χ1) is 17.1. The molecule has 7 nitrogen and oxygen atoms in total. The molecule has 0 aliphatic carbocycles. The molecule has 0 saturated heterocycles. The van der Waals surface area contributed by atoms with Crippen LogP contribution in [0, 0.1) is 0 Å². The number of benzene rings is 2. The van der Waals surface area contributed by atoms with Crippen molar-refractivity contribution in [2.75, 3.05) is 4.72 Å². The SMILES string of the molecule is O=S(=O)(Nc1cncc(-c2ccc3nccc(-c4cc5ccccc5o4)c3n2)c1)c1ccccc1.